The monoisotopic (exact) mass is 178 g/mol. The summed E-state index contributed by atoms with van der Waals surface area (Å²) in [6.45, 7) is 1.19. The van der Waals surface area contributed by atoms with E-state index in [1.165, 1.54) is 18.7 Å². The number of thioether (sulfide) groups is 1. The van der Waals surface area contributed by atoms with Crippen LogP contribution in [0.1, 0.15) is 6.92 Å². The summed E-state index contributed by atoms with van der Waals surface area (Å²) >= 11 is 1.32. The molecule has 0 rings (SSSR count). The van der Waals surface area contributed by atoms with E-state index < -0.39 is 18.0 Å². The summed E-state index contributed by atoms with van der Waals surface area (Å²) in [5, 5.41) is 8.46. The summed E-state index contributed by atoms with van der Waals surface area (Å²) in [7, 11) is 0. The molecule has 0 saturated carbocycles. The number of carboxylic acid groups (broad SMARTS) is 1. The molecule has 1 atom stereocenters. The van der Waals surface area contributed by atoms with Crippen molar-refractivity contribution in [2.75, 3.05) is 12.0 Å². The van der Waals surface area contributed by atoms with E-state index in [1.807, 2.05) is 0 Å². The molecule has 0 radical (unpaired) electrons. The van der Waals surface area contributed by atoms with Crippen LogP contribution < -0.4 is 0 Å². The highest BCUT2D eigenvalue weighted by atomic mass is 32.2. The first-order chi connectivity index (χ1) is 5.07. The molecule has 0 bridgehead atoms. The van der Waals surface area contributed by atoms with Gasteiger partial charge in [-0.1, -0.05) is 0 Å². The van der Waals surface area contributed by atoms with Gasteiger partial charge in [0.15, 0.2) is 0 Å². The van der Waals surface area contributed by atoms with E-state index in [9.17, 15) is 9.59 Å². The van der Waals surface area contributed by atoms with E-state index >= 15 is 0 Å². The normalized spacial score (nSPS) is 12.2. The third-order valence-electron chi connectivity index (χ3n) is 0.902. The quantitative estimate of drug-likeness (QED) is 0.630. The number of hydrogen-bond acceptors (Lipinski definition) is 4. The molecule has 0 aliphatic carbocycles. The van der Waals surface area contributed by atoms with Crippen LogP contribution in [-0.2, 0) is 14.3 Å². The second-order valence-electron chi connectivity index (χ2n) is 1.89. The van der Waals surface area contributed by atoms with Crippen molar-refractivity contribution in [2.45, 2.75) is 13.0 Å². The zero-order valence-corrected chi connectivity index (χ0v) is 7.18. The van der Waals surface area contributed by atoms with Gasteiger partial charge in [0.1, 0.15) is 0 Å². The van der Waals surface area contributed by atoms with Crippen LogP contribution in [0.25, 0.3) is 0 Å². The highest BCUT2D eigenvalue weighted by Gasteiger charge is 2.19. The Morgan fingerprint density at radius 1 is 1.64 bits per heavy atom. The molecule has 0 fully saturated rings. The first-order valence-electron chi connectivity index (χ1n) is 2.97. The fraction of sp³-hybridized carbons (Fsp3) is 0.667. The lowest BCUT2D eigenvalue weighted by molar-refractivity contribution is -0.160. The van der Waals surface area contributed by atoms with Gasteiger partial charge in [-0.25, -0.2) is 4.79 Å². The van der Waals surface area contributed by atoms with Crippen molar-refractivity contribution in [1.29, 1.82) is 0 Å². The zero-order valence-electron chi connectivity index (χ0n) is 6.36. The minimum Gasteiger partial charge on any atom is -0.478 e. The molecule has 64 valence electrons. The maximum atomic E-state index is 10.3. The largest absolute Gasteiger partial charge is 0.478 e. The van der Waals surface area contributed by atoms with Crippen LogP contribution in [0, 0.1) is 0 Å². The van der Waals surface area contributed by atoms with Crippen molar-refractivity contribution in [3.05, 3.63) is 0 Å². The van der Waals surface area contributed by atoms with Crippen LogP contribution >= 0.6 is 11.8 Å². The molecule has 0 aromatic heterocycles. The topological polar surface area (TPSA) is 63.6 Å². The Bertz CT molecular complexity index is 157. The van der Waals surface area contributed by atoms with Crippen LogP contribution in [0.4, 0.5) is 0 Å². The molecule has 11 heavy (non-hydrogen) atoms. The fourth-order valence-electron chi connectivity index (χ4n) is 0.507. The van der Waals surface area contributed by atoms with Gasteiger partial charge in [0.2, 0.25) is 6.10 Å². The number of ether oxygens (including phenoxy) is 1. The average molecular weight is 178 g/mol. The molecule has 1 unspecified atom stereocenters. The number of aliphatic carboxylic acids is 1. The standard InChI is InChI=1S/C6H10O4S/c1-4(7)10-5(3-11-2)6(8)9/h5H,3H2,1-2H3,(H,8,9). The molecule has 4 nitrogen and oxygen atoms in total. The van der Waals surface area contributed by atoms with Crippen molar-refractivity contribution in [2.24, 2.45) is 0 Å². The Hall–Kier alpha value is -0.710. The number of hydrogen-bond donors (Lipinski definition) is 1. The molecule has 0 amide bonds. The Morgan fingerprint density at radius 3 is 2.45 bits per heavy atom. The molecule has 5 heteroatoms. The van der Waals surface area contributed by atoms with Crippen LogP contribution in [0.2, 0.25) is 0 Å². The first-order valence-corrected chi connectivity index (χ1v) is 4.36. The smallest absolute Gasteiger partial charge is 0.345 e. The van der Waals surface area contributed by atoms with Crippen molar-refractivity contribution < 1.29 is 19.4 Å². The molecule has 0 spiro atoms. The van der Waals surface area contributed by atoms with Crippen molar-refractivity contribution in [3.63, 3.8) is 0 Å². The highest BCUT2D eigenvalue weighted by molar-refractivity contribution is 7.98. The van der Waals surface area contributed by atoms with Crippen molar-refractivity contribution in [3.8, 4) is 0 Å². The molecule has 0 saturated heterocycles. The second-order valence-corrected chi connectivity index (χ2v) is 2.80. The predicted molar refractivity (Wildman–Crippen MR) is 41.6 cm³/mol. The number of carbonyl (C=O) groups is 2. The van der Waals surface area contributed by atoms with Gasteiger partial charge in [-0.05, 0) is 6.26 Å². The summed E-state index contributed by atoms with van der Waals surface area (Å²) in [5.74, 6) is -1.38. The van der Waals surface area contributed by atoms with E-state index in [2.05, 4.69) is 4.74 Å². The lowest BCUT2D eigenvalue weighted by Crippen LogP contribution is -2.28. The van der Waals surface area contributed by atoms with Gasteiger partial charge in [-0.15, -0.1) is 0 Å². The van der Waals surface area contributed by atoms with E-state index in [0.717, 1.165) is 0 Å². The Kier molecular flexibility index (Phi) is 4.69. The van der Waals surface area contributed by atoms with Gasteiger partial charge in [0.25, 0.3) is 0 Å². The van der Waals surface area contributed by atoms with E-state index in [0.29, 0.717) is 0 Å². The molecular formula is C6H10O4S. The number of esters is 1. The minimum atomic E-state index is -1.10. The third-order valence-corrected chi connectivity index (χ3v) is 1.54. The third kappa shape index (κ3) is 4.66. The Morgan fingerprint density at radius 2 is 2.18 bits per heavy atom. The van der Waals surface area contributed by atoms with Crippen molar-refractivity contribution in [1.82, 2.24) is 0 Å². The van der Waals surface area contributed by atoms with Gasteiger partial charge in [-0.2, -0.15) is 11.8 Å². The van der Waals surface area contributed by atoms with Crippen molar-refractivity contribution >= 4 is 23.7 Å². The zero-order chi connectivity index (χ0) is 8.85. The first kappa shape index (κ1) is 10.3. The molecule has 0 aromatic rings. The molecule has 0 aliphatic rings. The molecule has 0 heterocycles. The van der Waals surface area contributed by atoms with Crippen LogP contribution in [0.3, 0.4) is 0 Å². The van der Waals surface area contributed by atoms with E-state index in [-0.39, 0.29) is 5.75 Å². The fourth-order valence-corrected chi connectivity index (χ4v) is 1.02. The summed E-state index contributed by atoms with van der Waals surface area (Å²) in [6, 6.07) is 0. The van der Waals surface area contributed by atoms with Gasteiger partial charge in [-0.3, -0.25) is 4.79 Å². The van der Waals surface area contributed by atoms with Gasteiger partial charge < -0.3 is 9.84 Å². The summed E-state index contributed by atoms with van der Waals surface area (Å²) in [4.78, 5) is 20.7. The maximum Gasteiger partial charge on any atom is 0.345 e. The van der Waals surface area contributed by atoms with E-state index in [4.69, 9.17) is 5.11 Å². The van der Waals surface area contributed by atoms with Gasteiger partial charge >= 0.3 is 11.9 Å². The molecule has 1 N–H and O–H groups in total. The van der Waals surface area contributed by atoms with Gasteiger partial charge in [0.05, 0.1) is 0 Å². The van der Waals surface area contributed by atoms with Crippen LogP contribution in [0.5, 0.6) is 0 Å². The molecule has 0 aliphatic heterocycles. The van der Waals surface area contributed by atoms with Crippen LogP contribution in [-0.4, -0.2) is 35.2 Å². The highest BCUT2D eigenvalue weighted by Crippen LogP contribution is 2.02. The maximum absolute atomic E-state index is 10.3. The molecule has 0 aromatic carbocycles. The lowest BCUT2D eigenvalue weighted by Gasteiger charge is -2.09. The summed E-state index contributed by atoms with van der Waals surface area (Å²) in [5.41, 5.74) is 0. The second kappa shape index (κ2) is 5.01. The summed E-state index contributed by atoms with van der Waals surface area (Å²) in [6.07, 6.45) is 0.738. The average Bonchev–Trinajstić information content (AvgIpc) is 1.86. The Balaban J connectivity index is 3.89. The SMILES string of the molecule is CSCC(OC(C)=O)C(=O)O. The minimum absolute atomic E-state index is 0.287. The van der Waals surface area contributed by atoms with Crippen LogP contribution in [0.15, 0.2) is 0 Å². The van der Waals surface area contributed by atoms with E-state index in [1.54, 1.807) is 6.26 Å². The summed E-state index contributed by atoms with van der Waals surface area (Å²) < 4.78 is 4.49. The number of carbonyl (C=O) groups excluding carboxylic acids is 1. The number of rotatable bonds is 4. The molecular weight excluding hydrogens is 168 g/mol. The number of carboxylic acids is 1. The predicted octanol–water partition coefficient (Wildman–Crippen LogP) is 0.366. The lowest BCUT2D eigenvalue weighted by atomic mass is 10.4. The Labute approximate surface area is 68.9 Å². The van der Waals surface area contributed by atoms with Gasteiger partial charge in [0, 0.05) is 12.7 Å².